The molecule has 0 spiro atoms. The number of hydrogen-bond acceptors (Lipinski definition) is 5. The van der Waals surface area contributed by atoms with Crippen molar-refractivity contribution in [1.29, 1.82) is 0 Å². The highest BCUT2D eigenvalue weighted by Gasteiger charge is 2.29. The average Bonchev–Trinajstić information content (AvgIpc) is 3.04. The fourth-order valence-corrected chi connectivity index (χ4v) is 2.95. The van der Waals surface area contributed by atoms with Gasteiger partial charge in [0.15, 0.2) is 5.82 Å². The molecule has 4 nitrogen and oxygen atoms in total. The van der Waals surface area contributed by atoms with Crippen molar-refractivity contribution in [1.82, 2.24) is 15.0 Å². The Morgan fingerprint density at radius 1 is 1.41 bits per heavy atom. The molecule has 0 radical (unpaired) electrons. The van der Waals surface area contributed by atoms with E-state index in [1.165, 1.54) is 12.8 Å². The number of nitrogens with zero attached hydrogens (tertiary/aromatic N) is 3. The third kappa shape index (κ3) is 2.07. The highest BCUT2D eigenvalue weighted by molar-refractivity contribution is 9.10. The predicted octanol–water partition coefficient (Wildman–Crippen LogP) is 3.28. The molecule has 0 amide bonds. The summed E-state index contributed by atoms with van der Waals surface area (Å²) in [7, 11) is 1.88. The number of thiazole rings is 1. The Bertz CT molecular complexity index is 537. The molecule has 0 saturated heterocycles. The predicted molar refractivity (Wildman–Crippen MR) is 72.4 cm³/mol. The summed E-state index contributed by atoms with van der Waals surface area (Å²) in [4.78, 5) is 14.2. The molecule has 6 heteroatoms. The molecule has 1 aliphatic rings. The molecule has 1 saturated carbocycles. The van der Waals surface area contributed by atoms with Crippen molar-refractivity contribution >= 4 is 33.1 Å². The summed E-state index contributed by atoms with van der Waals surface area (Å²) in [5.74, 6) is 2.21. The molecule has 2 aromatic rings. The van der Waals surface area contributed by atoms with Crippen molar-refractivity contribution in [2.24, 2.45) is 0 Å². The van der Waals surface area contributed by atoms with Crippen molar-refractivity contribution in [2.75, 3.05) is 12.4 Å². The highest BCUT2D eigenvalue weighted by atomic mass is 79.9. The van der Waals surface area contributed by atoms with E-state index in [4.69, 9.17) is 0 Å². The molecule has 0 aromatic carbocycles. The summed E-state index contributed by atoms with van der Waals surface area (Å²) in [6, 6.07) is 0. The molecular formula is C11H11BrN4S. The lowest BCUT2D eigenvalue weighted by Gasteiger charge is -2.09. The fraction of sp³-hybridized carbons (Fsp3) is 0.364. The van der Waals surface area contributed by atoms with E-state index in [0.29, 0.717) is 5.92 Å². The van der Waals surface area contributed by atoms with Gasteiger partial charge in [0.05, 0.1) is 20.6 Å². The van der Waals surface area contributed by atoms with Crippen molar-refractivity contribution in [3.05, 3.63) is 21.9 Å². The molecule has 1 aliphatic carbocycles. The van der Waals surface area contributed by atoms with Gasteiger partial charge in [-0.2, -0.15) is 0 Å². The maximum Gasteiger partial charge on any atom is 0.173 e. The van der Waals surface area contributed by atoms with E-state index >= 15 is 0 Å². The van der Waals surface area contributed by atoms with Crippen LogP contribution in [0.5, 0.6) is 0 Å². The summed E-state index contributed by atoms with van der Waals surface area (Å²) < 4.78 is 0.996. The number of nitrogens with one attached hydrogen (secondary N) is 1. The zero-order chi connectivity index (χ0) is 11.8. The van der Waals surface area contributed by atoms with Gasteiger partial charge in [-0.25, -0.2) is 9.97 Å². The zero-order valence-corrected chi connectivity index (χ0v) is 11.7. The van der Waals surface area contributed by atoms with E-state index in [0.717, 1.165) is 26.7 Å². The molecule has 88 valence electrons. The summed E-state index contributed by atoms with van der Waals surface area (Å²) in [5, 5.41) is 3.11. The summed E-state index contributed by atoms with van der Waals surface area (Å²) in [6.07, 6.45) is 4.26. The lowest BCUT2D eigenvalue weighted by atomic mass is 10.2. The first-order valence-electron chi connectivity index (χ1n) is 5.43. The largest absolute Gasteiger partial charge is 0.372 e. The third-order valence-electron chi connectivity index (χ3n) is 2.73. The lowest BCUT2D eigenvalue weighted by Crippen LogP contribution is -2.02. The first-order valence-corrected chi connectivity index (χ1v) is 7.11. The number of rotatable bonds is 3. The Labute approximate surface area is 112 Å². The van der Waals surface area contributed by atoms with Gasteiger partial charge in [0.25, 0.3) is 0 Å². The Kier molecular flexibility index (Phi) is 2.84. The smallest absolute Gasteiger partial charge is 0.173 e. The zero-order valence-electron chi connectivity index (χ0n) is 9.27. The minimum atomic E-state index is 0.589. The van der Waals surface area contributed by atoms with E-state index in [9.17, 15) is 0 Å². The van der Waals surface area contributed by atoms with E-state index in [2.05, 4.69) is 36.2 Å². The fourth-order valence-electron chi connectivity index (χ4n) is 1.69. The van der Waals surface area contributed by atoms with Crippen LogP contribution in [0.1, 0.15) is 24.5 Å². The van der Waals surface area contributed by atoms with Crippen LogP contribution in [-0.4, -0.2) is 22.0 Å². The molecular weight excluding hydrogens is 300 g/mol. The van der Waals surface area contributed by atoms with Gasteiger partial charge in [-0.05, 0) is 28.8 Å². The summed E-state index contributed by atoms with van der Waals surface area (Å²) in [6.45, 7) is 0. The third-order valence-corrected chi connectivity index (χ3v) is 4.28. The molecule has 3 rings (SSSR count). The second-order valence-electron chi connectivity index (χ2n) is 3.98. The first-order chi connectivity index (χ1) is 8.29. The van der Waals surface area contributed by atoms with Crippen molar-refractivity contribution < 1.29 is 0 Å². The Balaban J connectivity index is 2.13. The van der Waals surface area contributed by atoms with Crippen LogP contribution in [-0.2, 0) is 0 Å². The maximum absolute atomic E-state index is 4.66. The van der Waals surface area contributed by atoms with Gasteiger partial charge in [-0.1, -0.05) is 0 Å². The normalized spacial score (nSPS) is 14.9. The van der Waals surface area contributed by atoms with Crippen LogP contribution in [0.15, 0.2) is 16.2 Å². The van der Waals surface area contributed by atoms with Gasteiger partial charge >= 0.3 is 0 Å². The number of aromatic nitrogens is 3. The van der Waals surface area contributed by atoms with Gasteiger partial charge in [0.1, 0.15) is 5.82 Å². The molecule has 0 atom stereocenters. The Morgan fingerprint density at radius 3 is 2.82 bits per heavy atom. The van der Waals surface area contributed by atoms with E-state index in [-0.39, 0.29) is 0 Å². The standard InChI is InChI=1S/C11H11BrN4S/c1-13-11-8(12)9(6-2-3-6)15-10(16-11)7-4-14-5-17-7/h4-6H,2-3H2,1H3,(H,13,15,16). The molecule has 1 fully saturated rings. The second-order valence-corrected chi connectivity index (χ2v) is 5.66. The van der Waals surface area contributed by atoms with Gasteiger partial charge in [-0.15, -0.1) is 11.3 Å². The quantitative estimate of drug-likeness (QED) is 0.945. The summed E-state index contributed by atoms with van der Waals surface area (Å²) in [5.41, 5.74) is 2.92. The van der Waals surface area contributed by atoms with Gasteiger partial charge in [0, 0.05) is 19.2 Å². The van der Waals surface area contributed by atoms with Crippen molar-refractivity contribution in [3.8, 4) is 10.7 Å². The molecule has 1 N–H and O–H groups in total. The SMILES string of the molecule is CNc1nc(-c2cncs2)nc(C2CC2)c1Br. The maximum atomic E-state index is 4.66. The molecule has 2 heterocycles. The van der Waals surface area contributed by atoms with Crippen molar-refractivity contribution in [3.63, 3.8) is 0 Å². The monoisotopic (exact) mass is 310 g/mol. The lowest BCUT2D eigenvalue weighted by molar-refractivity contribution is 0.982. The molecule has 0 aliphatic heterocycles. The van der Waals surface area contributed by atoms with Crippen LogP contribution in [0.4, 0.5) is 5.82 Å². The van der Waals surface area contributed by atoms with Crippen LogP contribution in [0.25, 0.3) is 10.7 Å². The van der Waals surface area contributed by atoms with Crippen LogP contribution in [0.3, 0.4) is 0 Å². The van der Waals surface area contributed by atoms with Crippen LogP contribution in [0.2, 0.25) is 0 Å². The van der Waals surface area contributed by atoms with Crippen LogP contribution >= 0.6 is 27.3 Å². The van der Waals surface area contributed by atoms with Crippen LogP contribution < -0.4 is 5.32 Å². The number of halogens is 1. The van der Waals surface area contributed by atoms with Crippen molar-refractivity contribution in [2.45, 2.75) is 18.8 Å². The van der Waals surface area contributed by atoms with Gasteiger partial charge in [-0.3, -0.25) is 4.98 Å². The van der Waals surface area contributed by atoms with E-state index < -0.39 is 0 Å². The molecule has 2 aromatic heterocycles. The number of hydrogen-bond donors (Lipinski definition) is 1. The summed E-state index contributed by atoms with van der Waals surface area (Å²) >= 11 is 5.14. The molecule has 0 unspecified atom stereocenters. The molecule has 0 bridgehead atoms. The van der Waals surface area contributed by atoms with Gasteiger partial charge in [0.2, 0.25) is 0 Å². The van der Waals surface area contributed by atoms with Crippen LogP contribution in [0, 0.1) is 0 Å². The van der Waals surface area contributed by atoms with E-state index in [1.807, 2.05) is 13.2 Å². The second kappa shape index (κ2) is 4.34. The Hall–Kier alpha value is -1.01. The average molecular weight is 311 g/mol. The van der Waals surface area contributed by atoms with E-state index in [1.54, 1.807) is 16.8 Å². The Morgan fingerprint density at radius 2 is 2.24 bits per heavy atom. The molecule has 17 heavy (non-hydrogen) atoms. The van der Waals surface area contributed by atoms with Gasteiger partial charge < -0.3 is 5.32 Å². The number of anilines is 1. The highest BCUT2D eigenvalue weighted by Crippen LogP contribution is 2.44. The minimum absolute atomic E-state index is 0.589. The minimum Gasteiger partial charge on any atom is -0.372 e. The topological polar surface area (TPSA) is 50.7 Å². The first kappa shape index (κ1) is 11.1.